The molecule has 0 bridgehead atoms. The Kier molecular flexibility index (Phi) is 12.2. The van der Waals surface area contributed by atoms with Crippen molar-refractivity contribution in [2.75, 3.05) is 6.54 Å². The van der Waals surface area contributed by atoms with Crippen LogP contribution in [0.2, 0.25) is 0 Å². The molecule has 0 saturated carbocycles. The van der Waals surface area contributed by atoms with E-state index in [4.69, 9.17) is 0 Å². The number of rotatable bonds is 14. The van der Waals surface area contributed by atoms with Crippen molar-refractivity contribution in [2.24, 2.45) is 4.99 Å². The lowest BCUT2D eigenvalue weighted by Crippen LogP contribution is -2.37. The summed E-state index contributed by atoms with van der Waals surface area (Å²) in [6.45, 7) is 4.74. The Morgan fingerprint density at radius 3 is 2.17 bits per heavy atom. The molecule has 1 aliphatic rings. The van der Waals surface area contributed by atoms with E-state index >= 15 is 0 Å². The van der Waals surface area contributed by atoms with Crippen LogP contribution in [0, 0.1) is 0 Å². The van der Waals surface area contributed by atoms with E-state index in [0.717, 1.165) is 13.0 Å². The maximum atomic E-state index is 9.67. The largest absolute Gasteiger partial charge is 0.379 e. The molecule has 1 heterocycles. The van der Waals surface area contributed by atoms with Crippen LogP contribution in [-0.4, -0.2) is 35.2 Å². The molecule has 0 fully saturated rings. The summed E-state index contributed by atoms with van der Waals surface area (Å²) in [6, 6.07) is 0. The second-order valence-corrected chi connectivity index (χ2v) is 6.82. The first-order chi connectivity index (χ1) is 11.3. The van der Waals surface area contributed by atoms with Gasteiger partial charge in [-0.1, -0.05) is 63.5 Å². The van der Waals surface area contributed by atoms with E-state index in [2.05, 4.69) is 29.0 Å². The molecule has 2 atom stereocenters. The first-order valence-corrected chi connectivity index (χ1v) is 9.82. The first kappa shape index (κ1) is 20.4. The SMILES string of the molecule is C/C=C/CCCCCCCCCCCCC1N=CCN1C(C)O. The van der Waals surface area contributed by atoms with Gasteiger partial charge in [-0.3, -0.25) is 9.89 Å². The van der Waals surface area contributed by atoms with Gasteiger partial charge in [-0.2, -0.15) is 0 Å². The van der Waals surface area contributed by atoms with Gasteiger partial charge in [-0.15, -0.1) is 0 Å². The van der Waals surface area contributed by atoms with Crippen molar-refractivity contribution in [3.63, 3.8) is 0 Å². The highest BCUT2D eigenvalue weighted by atomic mass is 16.3. The highest BCUT2D eigenvalue weighted by molar-refractivity contribution is 5.62. The topological polar surface area (TPSA) is 35.8 Å². The highest BCUT2D eigenvalue weighted by Crippen LogP contribution is 2.18. The molecule has 1 rings (SSSR count). The summed E-state index contributed by atoms with van der Waals surface area (Å²) < 4.78 is 0. The maximum Gasteiger partial charge on any atom is 0.106 e. The Labute approximate surface area is 143 Å². The highest BCUT2D eigenvalue weighted by Gasteiger charge is 2.23. The number of aliphatic hydroxyl groups is 1. The molecule has 0 spiro atoms. The van der Waals surface area contributed by atoms with Crippen molar-refractivity contribution in [2.45, 2.75) is 103 Å². The van der Waals surface area contributed by atoms with E-state index in [9.17, 15) is 5.11 Å². The summed E-state index contributed by atoms with van der Waals surface area (Å²) in [6.07, 6.45) is 22.2. The van der Waals surface area contributed by atoms with E-state index in [1.165, 1.54) is 70.6 Å². The third kappa shape index (κ3) is 9.93. The molecule has 2 unspecified atom stereocenters. The zero-order chi connectivity index (χ0) is 16.8. The van der Waals surface area contributed by atoms with Crippen molar-refractivity contribution >= 4 is 6.21 Å². The zero-order valence-electron chi connectivity index (χ0n) is 15.4. The van der Waals surface area contributed by atoms with Crippen LogP contribution in [0.3, 0.4) is 0 Å². The van der Waals surface area contributed by atoms with E-state index in [0.29, 0.717) is 0 Å². The zero-order valence-corrected chi connectivity index (χ0v) is 15.4. The minimum Gasteiger partial charge on any atom is -0.379 e. The fraction of sp³-hybridized carbons (Fsp3) is 0.850. The molecular weight excluding hydrogens is 284 g/mol. The van der Waals surface area contributed by atoms with Crippen LogP contribution in [0.15, 0.2) is 17.1 Å². The number of aliphatic hydroxyl groups excluding tert-OH is 1. The van der Waals surface area contributed by atoms with Crippen LogP contribution in [0.4, 0.5) is 0 Å². The monoisotopic (exact) mass is 322 g/mol. The maximum absolute atomic E-state index is 9.67. The lowest BCUT2D eigenvalue weighted by atomic mass is 10.0. The molecule has 3 nitrogen and oxygen atoms in total. The lowest BCUT2D eigenvalue weighted by molar-refractivity contribution is 0.00710. The summed E-state index contributed by atoms with van der Waals surface area (Å²) in [5, 5.41) is 9.67. The first-order valence-electron chi connectivity index (χ1n) is 9.82. The molecule has 0 amide bonds. The molecular formula is C20H38N2O. The fourth-order valence-corrected chi connectivity index (χ4v) is 3.28. The van der Waals surface area contributed by atoms with Gasteiger partial charge in [0.15, 0.2) is 0 Å². The quantitative estimate of drug-likeness (QED) is 0.348. The van der Waals surface area contributed by atoms with Crippen molar-refractivity contribution in [3.8, 4) is 0 Å². The third-order valence-electron chi connectivity index (χ3n) is 4.75. The van der Waals surface area contributed by atoms with Crippen molar-refractivity contribution < 1.29 is 5.11 Å². The van der Waals surface area contributed by atoms with E-state index < -0.39 is 0 Å². The molecule has 134 valence electrons. The normalized spacial score (nSPS) is 19.9. The van der Waals surface area contributed by atoms with Gasteiger partial charge in [0.2, 0.25) is 0 Å². The van der Waals surface area contributed by atoms with Crippen LogP contribution < -0.4 is 0 Å². The molecule has 0 aliphatic carbocycles. The number of aliphatic imine (C=N–C) groups is 1. The molecule has 0 saturated heterocycles. The molecule has 3 heteroatoms. The van der Waals surface area contributed by atoms with Crippen molar-refractivity contribution in [1.29, 1.82) is 0 Å². The van der Waals surface area contributed by atoms with Gasteiger partial charge in [-0.25, -0.2) is 0 Å². The molecule has 0 aromatic carbocycles. The van der Waals surface area contributed by atoms with Gasteiger partial charge < -0.3 is 5.11 Å². The Morgan fingerprint density at radius 2 is 1.61 bits per heavy atom. The summed E-state index contributed by atoms with van der Waals surface area (Å²) in [5.74, 6) is 0. The van der Waals surface area contributed by atoms with E-state index in [1.807, 2.05) is 13.1 Å². The number of nitrogens with zero attached hydrogens (tertiary/aromatic N) is 2. The smallest absolute Gasteiger partial charge is 0.106 e. The minimum absolute atomic E-state index is 0.220. The van der Waals surface area contributed by atoms with Crippen LogP contribution in [0.1, 0.15) is 90.9 Å². The van der Waals surface area contributed by atoms with Gasteiger partial charge in [0.05, 0.1) is 0 Å². The van der Waals surface area contributed by atoms with Crippen molar-refractivity contribution in [3.05, 3.63) is 12.2 Å². The van der Waals surface area contributed by atoms with Gasteiger partial charge in [0.1, 0.15) is 12.4 Å². The number of hydrogen-bond donors (Lipinski definition) is 1. The molecule has 0 radical (unpaired) electrons. The Morgan fingerprint density at radius 1 is 1.04 bits per heavy atom. The van der Waals surface area contributed by atoms with E-state index in [-0.39, 0.29) is 12.4 Å². The lowest BCUT2D eigenvalue weighted by Gasteiger charge is -2.25. The third-order valence-corrected chi connectivity index (χ3v) is 4.75. The Hall–Kier alpha value is -0.670. The summed E-state index contributed by atoms with van der Waals surface area (Å²) in [5.41, 5.74) is 0. The molecule has 0 aromatic heterocycles. The molecule has 23 heavy (non-hydrogen) atoms. The molecule has 0 aromatic rings. The fourth-order valence-electron chi connectivity index (χ4n) is 3.28. The van der Waals surface area contributed by atoms with E-state index in [1.54, 1.807) is 0 Å². The number of unbranched alkanes of at least 4 members (excludes halogenated alkanes) is 10. The average molecular weight is 323 g/mol. The Bertz CT molecular complexity index is 326. The predicted molar refractivity (Wildman–Crippen MR) is 101 cm³/mol. The molecule has 1 N–H and O–H groups in total. The Balaban J connectivity index is 1.82. The standard InChI is InChI=1S/C20H38N2O/c1-3-4-5-6-7-8-9-10-11-12-13-14-15-16-20-21-17-18-22(20)19(2)23/h3-4,17,19-20,23H,5-16,18H2,1-2H3/b4-3+. The van der Waals surface area contributed by atoms with Gasteiger partial charge in [0, 0.05) is 12.8 Å². The van der Waals surface area contributed by atoms with Gasteiger partial charge >= 0.3 is 0 Å². The van der Waals surface area contributed by atoms with Crippen LogP contribution in [0.5, 0.6) is 0 Å². The average Bonchev–Trinajstić information content (AvgIpc) is 3.00. The van der Waals surface area contributed by atoms with Crippen LogP contribution in [-0.2, 0) is 0 Å². The molecule has 1 aliphatic heterocycles. The summed E-state index contributed by atoms with van der Waals surface area (Å²) in [7, 11) is 0. The number of hydrogen-bond acceptors (Lipinski definition) is 3. The number of allylic oxidation sites excluding steroid dienone is 2. The minimum atomic E-state index is -0.375. The summed E-state index contributed by atoms with van der Waals surface area (Å²) in [4.78, 5) is 6.54. The second-order valence-electron chi connectivity index (χ2n) is 6.82. The van der Waals surface area contributed by atoms with Crippen LogP contribution >= 0.6 is 0 Å². The summed E-state index contributed by atoms with van der Waals surface area (Å²) >= 11 is 0. The van der Waals surface area contributed by atoms with Gasteiger partial charge in [-0.05, 0) is 39.5 Å². The van der Waals surface area contributed by atoms with Crippen molar-refractivity contribution in [1.82, 2.24) is 4.90 Å². The van der Waals surface area contributed by atoms with Crippen LogP contribution in [0.25, 0.3) is 0 Å². The predicted octanol–water partition coefficient (Wildman–Crippen LogP) is 5.29. The second kappa shape index (κ2) is 13.7. The van der Waals surface area contributed by atoms with Gasteiger partial charge in [0.25, 0.3) is 0 Å².